The molecule has 0 fully saturated rings. The van der Waals surface area contributed by atoms with Crippen molar-refractivity contribution in [3.05, 3.63) is 86.7 Å². The number of nitrogens with zero attached hydrogens (tertiary/aromatic N) is 3. The standard InChI is InChI=1S/C27H22BrN3O4S/c1-3-11-31-19-12-17(7-10-21(19)35-14-23(31)33)20(32)13-30-15-29-26-25(27(30)34)24(22(4-2)36-26)16-5-8-18(28)9-6-16/h3,5-10,12,15H,1,4,11,13-14H2,2H3. The summed E-state index contributed by atoms with van der Waals surface area (Å²) in [6.07, 6.45) is 3.82. The van der Waals surface area contributed by atoms with Crippen molar-refractivity contribution in [2.75, 3.05) is 18.1 Å². The van der Waals surface area contributed by atoms with Crippen LogP contribution in [0, 0.1) is 0 Å². The Bertz CT molecular complexity index is 1570. The van der Waals surface area contributed by atoms with Gasteiger partial charge < -0.3 is 9.64 Å². The van der Waals surface area contributed by atoms with Crippen molar-refractivity contribution >= 4 is 54.9 Å². The quantitative estimate of drug-likeness (QED) is 0.227. The highest BCUT2D eigenvalue weighted by atomic mass is 79.9. The fraction of sp³-hybridized carbons (Fsp3) is 0.185. The molecule has 0 spiro atoms. The van der Waals surface area contributed by atoms with Crippen molar-refractivity contribution in [2.24, 2.45) is 0 Å². The monoisotopic (exact) mass is 563 g/mol. The molecule has 182 valence electrons. The number of hydrogen-bond donors (Lipinski definition) is 0. The van der Waals surface area contributed by atoms with Crippen LogP contribution in [-0.2, 0) is 17.8 Å². The van der Waals surface area contributed by atoms with Crippen molar-refractivity contribution in [1.29, 1.82) is 0 Å². The number of rotatable bonds is 7. The van der Waals surface area contributed by atoms with Gasteiger partial charge in [0.15, 0.2) is 12.4 Å². The van der Waals surface area contributed by atoms with Crippen LogP contribution in [0.1, 0.15) is 22.2 Å². The molecule has 5 rings (SSSR count). The van der Waals surface area contributed by atoms with Gasteiger partial charge in [0.1, 0.15) is 10.6 Å². The van der Waals surface area contributed by atoms with Gasteiger partial charge in [-0.1, -0.05) is 41.1 Å². The fourth-order valence-corrected chi connectivity index (χ4v) is 5.66. The van der Waals surface area contributed by atoms with E-state index in [0.717, 1.165) is 26.9 Å². The number of amides is 1. The first-order valence-corrected chi connectivity index (χ1v) is 13.0. The maximum Gasteiger partial charge on any atom is 0.265 e. The molecule has 0 saturated heterocycles. The fourth-order valence-electron chi connectivity index (χ4n) is 4.31. The van der Waals surface area contributed by atoms with Gasteiger partial charge in [-0.05, 0) is 42.3 Å². The minimum atomic E-state index is -0.270. The van der Waals surface area contributed by atoms with Crippen LogP contribution in [0.15, 0.2) is 70.7 Å². The number of aromatic nitrogens is 2. The minimum Gasteiger partial charge on any atom is -0.482 e. The second-order valence-corrected chi connectivity index (χ2v) is 10.3. The first kappa shape index (κ1) is 24.1. The lowest BCUT2D eigenvalue weighted by molar-refractivity contribution is -0.121. The van der Waals surface area contributed by atoms with Gasteiger partial charge >= 0.3 is 0 Å². The van der Waals surface area contributed by atoms with Crippen LogP contribution >= 0.6 is 27.3 Å². The largest absolute Gasteiger partial charge is 0.482 e. The van der Waals surface area contributed by atoms with E-state index in [2.05, 4.69) is 34.4 Å². The summed E-state index contributed by atoms with van der Waals surface area (Å²) in [6.45, 7) is 5.83. The molecule has 0 unspecified atom stereocenters. The third-order valence-electron chi connectivity index (χ3n) is 6.06. The number of aryl methyl sites for hydroxylation is 1. The third kappa shape index (κ3) is 4.29. The van der Waals surface area contributed by atoms with Crippen LogP contribution in [0.5, 0.6) is 5.75 Å². The van der Waals surface area contributed by atoms with E-state index in [1.807, 2.05) is 24.3 Å². The summed E-state index contributed by atoms with van der Waals surface area (Å²) in [5, 5.41) is 0.524. The van der Waals surface area contributed by atoms with Gasteiger partial charge in [0, 0.05) is 27.0 Å². The first-order valence-electron chi connectivity index (χ1n) is 11.4. The number of ether oxygens (including phenoxy) is 1. The van der Waals surface area contributed by atoms with Crippen LogP contribution in [0.25, 0.3) is 21.3 Å². The van der Waals surface area contributed by atoms with Gasteiger partial charge in [-0.15, -0.1) is 17.9 Å². The van der Waals surface area contributed by atoms with Gasteiger partial charge in [-0.2, -0.15) is 0 Å². The van der Waals surface area contributed by atoms with Gasteiger partial charge in [0.25, 0.3) is 11.5 Å². The second kappa shape index (κ2) is 9.83. The molecule has 3 heterocycles. The summed E-state index contributed by atoms with van der Waals surface area (Å²) in [5.74, 6) is 0.0500. The van der Waals surface area contributed by atoms with Crippen LogP contribution in [0.4, 0.5) is 5.69 Å². The van der Waals surface area contributed by atoms with Gasteiger partial charge in [0.05, 0.1) is 23.9 Å². The average Bonchev–Trinajstić information content (AvgIpc) is 3.27. The van der Waals surface area contributed by atoms with Crippen LogP contribution < -0.4 is 15.2 Å². The Hall–Kier alpha value is -3.56. The molecule has 0 radical (unpaired) electrons. The van der Waals surface area contributed by atoms with Crippen molar-refractivity contribution in [1.82, 2.24) is 9.55 Å². The highest BCUT2D eigenvalue weighted by Gasteiger charge is 2.26. The zero-order valence-electron chi connectivity index (χ0n) is 19.5. The highest BCUT2D eigenvalue weighted by Crippen LogP contribution is 2.37. The Balaban J connectivity index is 1.53. The van der Waals surface area contributed by atoms with E-state index in [1.54, 1.807) is 24.3 Å². The lowest BCUT2D eigenvalue weighted by atomic mass is 10.0. The first-order chi connectivity index (χ1) is 17.4. The maximum absolute atomic E-state index is 13.6. The summed E-state index contributed by atoms with van der Waals surface area (Å²) in [7, 11) is 0. The van der Waals surface area contributed by atoms with E-state index >= 15 is 0 Å². The van der Waals surface area contributed by atoms with Crippen molar-refractivity contribution in [2.45, 2.75) is 19.9 Å². The summed E-state index contributed by atoms with van der Waals surface area (Å²) >= 11 is 4.96. The van der Waals surface area contributed by atoms with E-state index < -0.39 is 0 Å². The van der Waals surface area contributed by atoms with Crippen molar-refractivity contribution in [3.63, 3.8) is 0 Å². The number of fused-ring (bicyclic) bond motifs is 2. The van der Waals surface area contributed by atoms with E-state index in [9.17, 15) is 14.4 Å². The molecule has 0 aliphatic carbocycles. The number of anilines is 1. The highest BCUT2D eigenvalue weighted by molar-refractivity contribution is 9.10. The number of halogens is 1. The normalized spacial score (nSPS) is 12.9. The number of thiophene rings is 1. The van der Waals surface area contributed by atoms with E-state index in [0.29, 0.717) is 33.8 Å². The Morgan fingerprint density at radius 1 is 1.22 bits per heavy atom. The van der Waals surface area contributed by atoms with E-state index in [-0.39, 0.29) is 30.4 Å². The molecule has 1 aliphatic heterocycles. The molecule has 2 aromatic heterocycles. The zero-order valence-corrected chi connectivity index (χ0v) is 21.9. The number of ketones is 1. The molecular weight excluding hydrogens is 542 g/mol. The topological polar surface area (TPSA) is 81.5 Å². The van der Waals surface area contributed by atoms with Crippen molar-refractivity contribution in [3.8, 4) is 16.9 Å². The summed E-state index contributed by atoms with van der Waals surface area (Å²) in [6, 6.07) is 12.8. The predicted octanol–water partition coefficient (Wildman–Crippen LogP) is 5.24. The molecule has 1 aliphatic rings. The Labute approximate surface area is 219 Å². The number of Topliss-reactive ketones (excluding diaryl/α,β-unsaturated/α-hetero) is 1. The summed E-state index contributed by atoms with van der Waals surface area (Å²) in [4.78, 5) is 46.9. The van der Waals surface area contributed by atoms with Gasteiger partial charge in [-0.3, -0.25) is 19.0 Å². The molecule has 0 atom stereocenters. The molecule has 4 aromatic rings. The van der Waals surface area contributed by atoms with Crippen molar-refractivity contribution < 1.29 is 14.3 Å². The van der Waals surface area contributed by atoms with Gasteiger partial charge in [-0.25, -0.2) is 4.98 Å². The minimum absolute atomic E-state index is 0.0592. The molecule has 1 amide bonds. The smallest absolute Gasteiger partial charge is 0.265 e. The van der Waals surface area contributed by atoms with Crippen LogP contribution in [0.2, 0.25) is 0 Å². The molecular formula is C27H22BrN3O4S. The molecule has 7 nitrogen and oxygen atoms in total. The third-order valence-corrected chi connectivity index (χ3v) is 7.83. The van der Waals surface area contributed by atoms with E-state index in [4.69, 9.17) is 4.74 Å². The Morgan fingerprint density at radius 3 is 2.72 bits per heavy atom. The summed E-state index contributed by atoms with van der Waals surface area (Å²) in [5.41, 5.74) is 2.44. The average molecular weight is 564 g/mol. The SMILES string of the molecule is C=CCN1C(=O)COc2ccc(C(=O)Cn3cnc4sc(CC)c(-c5ccc(Br)cc5)c4c3=O)cc21. The summed E-state index contributed by atoms with van der Waals surface area (Å²) < 4.78 is 7.81. The number of hydrogen-bond acceptors (Lipinski definition) is 6. The Kier molecular flexibility index (Phi) is 6.59. The molecule has 36 heavy (non-hydrogen) atoms. The second-order valence-electron chi connectivity index (χ2n) is 8.31. The van der Waals surface area contributed by atoms with Crippen LogP contribution in [0.3, 0.4) is 0 Å². The molecule has 9 heteroatoms. The van der Waals surface area contributed by atoms with E-state index in [1.165, 1.54) is 27.1 Å². The number of benzene rings is 2. The predicted molar refractivity (Wildman–Crippen MR) is 145 cm³/mol. The van der Waals surface area contributed by atoms with Crippen LogP contribution in [-0.4, -0.2) is 34.4 Å². The number of carbonyl (C=O) groups excluding carboxylic acids is 2. The maximum atomic E-state index is 13.6. The number of carbonyl (C=O) groups is 2. The lowest BCUT2D eigenvalue weighted by Gasteiger charge is -2.28. The molecule has 0 saturated carbocycles. The Morgan fingerprint density at radius 2 is 2.00 bits per heavy atom. The molecule has 0 bridgehead atoms. The molecule has 0 N–H and O–H groups in total. The zero-order chi connectivity index (χ0) is 25.4. The van der Waals surface area contributed by atoms with Gasteiger partial charge in [0.2, 0.25) is 0 Å². The lowest BCUT2D eigenvalue weighted by Crippen LogP contribution is -2.39. The molecule has 2 aromatic carbocycles.